The Hall–Kier alpha value is -2.03. The molecule has 4 rings (SSSR count). The molecular formula is C15H14ClN5O2S. The minimum Gasteiger partial charge on any atom is -0.220 e. The van der Waals surface area contributed by atoms with Crippen LogP contribution in [0.3, 0.4) is 0 Å². The lowest BCUT2D eigenvalue weighted by atomic mass is 10.1. The van der Waals surface area contributed by atoms with Crippen molar-refractivity contribution in [1.82, 2.24) is 23.9 Å². The van der Waals surface area contributed by atoms with Crippen molar-refractivity contribution in [2.24, 2.45) is 0 Å². The maximum atomic E-state index is 13.1. The minimum absolute atomic E-state index is 0.127. The van der Waals surface area contributed by atoms with Crippen LogP contribution >= 0.6 is 11.6 Å². The van der Waals surface area contributed by atoms with E-state index < -0.39 is 10.0 Å². The van der Waals surface area contributed by atoms with E-state index in [9.17, 15) is 8.42 Å². The van der Waals surface area contributed by atoms with Gasteiger partial charge in [0.2, 0.25) is 10.0 Å². The third kappa shape index (κ3) is 2.38. The lowest BCUT2D eigenvalue weighted by Gasteiger charge is -2.24. The smallest absolute Gasteiger partial charge is 0.220 e. The number of aromatic nitrogens is 4. The van der Waals surface area contributed by atoms with Crippen LogP contribution in [0.15, 0.2) is 47.8 Å². The first-order valence-corrected chi connectivity index (χ1v) is 9.32. The summed E-state index contributed by atoms with van der Waals surface area (Å²) in [5.41, 5.74) is 0.755. The Balaban J connectivity index is 1.81. The van der Waals surface area contributed by atoms with Crippen LogP contribution in [-0.2, 0) is 10.0 Å². The molecular weight excluding hydrogens is 350 g/mol. The SMILES string of the molecule is O=S(=O)(c1ccccc1Cl)N1CCC[C@@H]1c1ccnc2ncnn12. The van der Waals surface area contributed by atoms with Crippen molar-refractivity contribution in [3.05, 3.63) is 53.6 Å². The lowest BCUT2D eigenvalue weighted by Crippen LogP contribution is -2.32. The fourth-order valence-corrected chi connectivity index (χ4v) is 5.28. The Kier molecular flexibility index (Phi) is 3.75. The molecule has 7 nitrogen and oxygen atoms in total. The zero-order valence-electron chi connectivity index (χ0n) is 12.6. The summed E-state index contributed by atoms with van der Waals surface area (Å²) in [6, 6.07) is 7.97. The highest BCUT2D eigenvalue weighted by molar-refractivity contribution is 7.89. The van der Waals surface area contributed by atoms with Gasteiger partial charge >= 0.3 is 0 Å². The molecule has 0 amide bonds. The number of hydrogen-bond donors (Lipinski definition) is 0. The molecule has 0 bridgehead atoms. The molecule has 0 spiro atoms. The summed E-state index contributed by atoms with van der Waals surface area (Å²) < 4.78 is 29.3. The summed E-state index contributed by atoms with van der Waals surface area (Å²) in [4.78, 5) is 8.32. The monoisotopic (exact) mass is 363 g/mol. The molecule has 3 aromatic rings. The third-order valence-electron chi connectivity index (χ3n) is 4.18. The first kappa shape index (κ1) is 15.5. The van der Waals surface area contributed by atoms with E-state index in [1.54, 1.807) is 35.0 Å². The van der Waals surface area contributed by atoms with Crippen molar-refractivity contribution in [2.45, 2.75) is 23.8 Å². The number of halogens is 1. The van der Waals surface area contributed by atoms with Gasteiger partial charge in [-0.15, -0.1) is 0 Å². The highest BCUT2D eigenvalue weighted by Crippen LogP contribution is 2.37. The van der Waals surface area contributed by atoms with Gasteiger partial charge in [0.1, 0.15) is 11.2 Å². The summed E-state index contributed by atoms with van der Waals surface area (Å²) in [6.45, 7) is 0.441. The van der Waals surface area contributed by atoms with Crippen LogP contribution < -0.4 is 0 Å². The third-order valence-corrected chi connectivity index (χ3v) is 6.59. The molecule has 1 aliphatic rings. The molecule has 0 aliphatic carbocycles. The number of fused-ring (bicyclic) bond motifs is 1. The van der Waals surface area contributed by atoms with E-state index >= 15 is 0 Å². The number of sulfonamides is 1. The second-order valence-corrected chi connectivity index (χ2v) is 7.81. The number of hydrogen-bond acceptors (Lipinski definition) is 5. The Labute approximate surface area is 144 Å². The highest BCUT2D eigenvalue weighted by atomic mass is 35.5. The number of rotatable bonds is 3. The molecule has 3 heterocycles. The fourth-order valence-electron chi connectivity index (χ4n) is 3.11. The average Bonchev–Trinajstić information content (AvgIpc) is 3.24. The summed E-state index contributed by atoms with van der Waals surface area (Å²) in [5.74, 6) is 0.453. The van der Waals surface area contributed by atoms with Gasteiger partial charge in [-0.3, -0.25) is 0 Å². The predicted molar refractivity (Wildman–Crippen MR) is 88.1 cm³/mol. The van der Waals surface area contributed by atoms with Crippen LogP contribution in [-0.4, -0.2) is 38.8 Å². The molecule has 0 saturated carbocycles. The highest BCUT2D eigenvalue weighted by Gasteiger charge is 2.38. The second-order valence-electron chi connectivity index (χ2n) is 5.55. The van der Waals surface area contributed by atoms with Gasteiger partial charge < -0.3 is 0 Å². The first-order chi connectivity index (χ1) is 11.6. The number of nitrogens with zero attached hydrogens (tertiary/aromatic N) is 5. The first-order valence-electron chi connectivity index (χ1n) is 7.50. The van der Waals surface area contributed by atoms with Crippen LogP contribution in [0.4, 0.5) is 0 Å². The van der Waals surface area contributed by atoms with Crippen molar-refractivity contribution in [3.63, 3.8) is 0 Å². The summed E-state index contributed by atoms with van der Waals surface area (Å²) in [5, 5.41) is 4.39. The summed E-state index contributed by atoms with van der Waals surface area (Å²) in [7, 11) is -3.70. The summed E-state index contributed by atoms with van der Waals surface area (Å²) >= 11 is 6.12. The van der Waals surface area contributed by atoms with E-state index in [-0.39, 0.29) is 16.0 Å². The zero-order valence-corrected chi connectivity index (χ0v) is 14.2. The van der Waals surface area contributed by atoms with Crippen molar-refractivity contribution in [3.8, 4) is 0 Å². The molecule has 1 aromatic carbocycles. The molecule has 24 heavy (non-hydrogen) atoms. The molecule has 0 N–H and O–H groups in total. The Morgan fingerprint density at radius 1 is 1.17 bits per heavy atom. The quantitative estimate of drug-likeness (QED) is 0.713. The maximum Gasteiger partial charge on any atom is 0.252 e. The molecule has 0 radical (unpaired) electrons. The van der Waals surface area contributed by atoms with E-state index in [2.05, 4.69) is 15.1 Å². The molecule has 2 aromatic heterocycles. The van der Waals surface area contributed by atoms with Crippen LogP contribution in [0.1, 0.15) is 24.6 Å². The van der Waals surface area contributed by atoms with Gasteiger partial charge in [0.15, 0.2) is 0 Å². The molecule has 124 valence electrons. The fraction of sp³-hybridized carbons (Fsp3) is 0.267. The van der Waals surface area contributed by atoms with Crippen molar-refractivity contribution in [1.29, 1.82) is 0 Å². The second kappa shape index (κ2) is 5.80. The largest absolute Gasteiger partial charge is 0.252 e. The Bertz CT molecular complexity index is 1000. The Morgan fingerprint density at radius 2 is 2.00 bits per heavy atom. The molecule has 1 atom stereocenters. The van der Waals surface area contributed by atoms with Gasteiger partial charge in [0.25, 0.3) is 5.78 Å². The molecule has 1 saturated heterocycles. The maximum absolute atomic E-state index is 13.1. The standard InChI is InChI=1S/C15H14ClN5O2S/c16-11-4-1-2-6-14(11)24(22,23)20-9-3-5-12(20)13-7-8-17-15-18-10-19-21(13)15/h1-2,4,6-8,10,12H,3,5,9H2/t12-/m1/s1. The van der Waals surface area contributed by atoms with Crippen LogP contribution in [0.25, 0.3) is 5.78 Å². The topological polar surface area (TPSA) is 80.5 Å². The summed E-state index contributed by atoms with van der Waals surface area (Å²) in [6.07, 6.45) is 4.52. The number of benzene rings is 1. The molecule has 9 heteroatoms. The van der Waals surface area contributed by atoms with Crippen molar-refractivity contribution >= 4 is 27.4 Å². The molecule has 0 unspecified atom stereocenters. The van der Waals surface area contributed by atoms with E-state index in [1.165, 1.54) is 16.7 Å². The normalized spacial score (nSPS) is 19.1. The van der Waals surface area contributed by atoms with Gasteiger partial charge in [0.05, 0.1) is 16.8 Å². The van der Waals surface area contributed by atoms with Gasteiger partial charge in [-0.2, -0.15) is 18.9 Å². The van der Waals surface area contributed by atoms with Crippen LogP contribution in [0.5, 0.6) is 0 Å². The van der Waals surface area contributed by atoms with Crippen molar-refractivity contribution in [2.75, 3.05) is 6.54 Å². The van der Waals surface area contributed by atoms with Gasteiger partial charge in [-0.25, -0.2) is 13.4 Å². The molecule has 1 aliphatic heterocycles. The average molecular weight is 364 g/mol. The Morgan fingerprint density at radius 3 is 2.83 bits per heavy atom. The van der Waals surface area contributed by atoms with E-state index in [0.29, 0.717) is 18.7 Å². The van der Waals surface area contributed by atoms with Crippen molar-refractivity contribution < 1.29 is 8.42 Å². The minimum atomic E-state index is -3.70. The van der Waals surface area contributed by atoms with E-state index in [0.717, 1.165) is 12.1 Å². The van der Waals surface area contributed by atoms with Gasteiger partial charge in [-0.05, 0) is 31.0 Å². The van der Waals surface area contributed by atoms with E-state index in [4.69, 9.17) is 11.6 Å². The van der Waals surface area contributed by atoms with Crippen LogP contribution in [0.2, 0.25) is 5.02 Å². The predicted octanol–water partition coefficient (Wildman–Crippen LogP) is 2.30. The van der Waals surface area contributed by atoms with Crippen LogP contribution in [0, 0.1) is 0 Å². The van der Waals surface area contributed by atoms with Gasteiger partial charge in [-0.1, -0.05) is 23.7 Å². The van der Waals surface area contributed by atoms with E-state index in [1.807, 2.05) is 0 Å². The molecule has 1 fully saturated rings. The zero-order chi connectivity index (χ0) is 16.7. The van der Waals surface area contributed by atoms with Gasteiger partial charge in [0, 0.05) is 12.7 Å². The lowest BCUT2D eigenvalue weighted by molar-refractivity contribution is 0.385.